The van der Waals surface area contributed by atoms with Crippen LogP contribution in [-0.4, -0.2) is 16.7 Å². The zero-order valence-corrected chi connectivity index (χ0v) is 8.04. The summed E-state index contributed by atoms with van der Waals surface area (Å²) in [4.78, 5) is 3.40. The lowest BCUT2D eigenvalue weighted by atomic mass is 9.91. The van der Waals surface area contributed by atoms with Crippen LogP contribution in [0.25, 0.3) is 0 Å². The van der Waals surface area contributed by atoms with Crippen molar-refractivity contribution in [3.63, 3.8) is 0 Å². The number of hydrogen-bond donors (Lipinski definition) is 2. The number of alkyl halides is 3. The highest BCUT2D eigenvalue weighted by molar-refractivity contribution is 5.32. The average molecular weight is 220 g/mol. The highest BCUT2D eigenvalue weighted by atomic mass is 19.4. The molecule has 1 aromatic rings. The van der Waals surface area contributed by atoms with E-state index in [2.05, 4.69) is 4.98 Å². The molecule has 0 aromatic carbocycles. The molecule has 0 radical (unpaired) electrons. The third kappa shape index (κ3) is 2.45. The quantitative estimate of drug-likeness (QED) is 0.789. The summed E-state index contributed by atoms with van der Waals surface area (Å²) in [5, 5.41) is 8.92. The maximum absolute atomic E-state index is 12.5. The SMILES string of the molecule is CC(N)(CO)c1ccncc1C(F)(F)F. The number of aromatic nitrogens is 1. The van der Waals surface area contributed by atoms with Gasteiger partial charge in [0.25, 0.3) is 0 Å². The Bertz CT molecular complexity index is 349. The minimum absolute atomic E-state index is 0.160. The van der Waals surface area contributed by atoms with Crippen molar-refractivity contribution < 1.29 is 18.3 Å². The van der Waals surface area contributed by atoms with Crippen LogP contribution in [0, 0.1) is 0 Å². The van der Waals surface area contributed by atoms with E-state index in [1.165, 1.54) is 19.2 Å². The lowest BCUT2D eigenvalue weighted by Gasteiger charge is -2.25. The largest absolute Gasteiger partial charge is 0.418 e. The lowest BCUT2D eigenvalue weighted by molar-refractivity contribution is -0.139. The first-order valence-corrected chi connectivity index (χ1v) is 4.20. The second-order valence-corrected chi connectivity index (χ2v) is 3.49. The van der Waals surface area contributed by atoms with Gasteiger partial charge in [-0.15, -0.1) is 0 Å². The van der Waals surface area contributed by atoms with E-state index in [9.17, 15) is 13.2 Å². The summed E-state index contributed by atoms with van der Waals surface area (Å²) < 4.78 is 37.6. The summed E-state index contributed by atoms with van der Waals surface area (Å²) in [5.41, 5.74) is 3.06. The van der Waals surface area contributed by atoms with Gasteiger partial charge in [-0.3, -0.25) is 4.98 Å². The molecule has 3 nitrogen and oxygen atoms in total. The average Bonchev–Trinajstić information content (AvgIpc) is 2.16. The van der Waals surface area contributed by atoms with Crippen molar-refractivity contribution in [2.45, 2.75) is 18.6 Å². The van der Waals surface area contributed by atoms with Crippen LogP contribution in [0.5, 0.6) is 0 Å². The number of nitrogens with zero attached hydrogens (tertiary/aromatic N) is 1. The topological polar surface area (TPSA) is 59.1 Å². The van der Waals surface area contributed by atoms with Gasteiger partial charge in [0.2, 0.25) is 0 Å². The molecule has 0 fully saturated rings. The second-order valence-electron chi connectivity index (χ2n) is 3.49. The van der Waals surface area contributed by atoms with E-state index in [1.54, 1.807) is 0 Å². The first-order valence-electron chi connectivity index (χ1n) is 4.20. The third-order valence-electron chi connectivity index (χ3n) is 2.07. The van der Waals surface area contributed by atoms with Crippen LogP contribution in [0.2, 0.25) is 0 Å². The first kappa shape index (κ1) is 11.9. The van der Waals surface area contributed by atoms with Gasteiger partial charge in [-0.1, -0.05) is 0 Å². The van der Waals surface area contributed by atoms with Crippen LogP contribution < -0.4 is 5.73 Å². The highest BCUT2D eigenvalue weighted by Gasteiger charge is 2.37. The molecule has 1 heterocycles. The molecular formula is C9H11F3N2O. The monoisotopic (exact) mass is 220 g/mol. The molecule has 0 bridgehead atoms. The predicted molar refractivity (Wildman–Crippen MR) is 47.9 cm³/mol. The zero-order chi connectivity index (χ0) is 11.7. The van der Waals surface area contributed by atoms with Crippen molar-refractivity contribution in [1.82, 2.24) is 4.98 Å². The van der Waals surface area contributed by atoms with Crippen LogP contribution in [-0.2, 0) is 11.7 Å². The Morgan fingerprint density at radius 2 is 2.00 bits per heavy atom. The van der Waals surface area contributed by atoms with Crippen molar-refractivity contribution in [3.8, 4) is 0 Å². The fourth-order valence-corrected chi connectivity index (χ4v) is 1.20. The van der Waals surface area contributed by atoms with Gasteiger partial charge in [0.05, 0.1) is 17.7 Å². The van der Waals surface area contributed by atoms with Gasteiger partial charge >= 0.3 is 6.18 Å². The molecule has 6 heteroatoms. The van der Waals surface area contributed by atoms with Crippen LogP contribution in [0.1, 0.15) is 18.1 Å². The van der Waals surface area contributed by atoms with Gasteiger partial charge in [-0.25, -0.2) is 0 Å². The number of pyridine rings is 1. The summed E-state index contributed by atoms with van der Waals surface area (Å²) >= 11 is 0. The van der Waals surface area contributed by atoms with Gasteiger partial charge < -0.3 is 10.8 Å². The molecule has 0 aliphatic carbocycles. The number of aliphatic hydroxyl groups excluding tert-OH is 1. The first-order chi connectivity index (χ1) is 6.79. The highest BCUT2D eigenvalue weighted by Crippen LogP contribution is 2.34. The molecule has 1 aromatic heterocycles. The normalized spacial score (nSPS) is 16.1. The zero-order valence-electron chi connectivity index (χ0n) is 8.04. The smallest absolute Gasteiger partial charge is 0.394 e. The van der Waals surface area contributed by atoms with E-state index in [0.29, 0.717) is 6.20 Å². The Balaban J connectivity index is 3.31. The summed E-state index contributed by atoms with van der Waals surface area (Å²) in [7, 11) is 0. The standard InChI is InChI=1S/C9H11F3N2O/c1-8(13,5-15)6-2-3-14-4-7(6)9(10,11)12/h2-4,15H,5,13H2,1H3. The second kappa shape index (κ2) is 3.79. The van der Waals surface area contributed by atoms with Gasteiger partial charge in [0, 0.05) is 12.4 Å². The Labute approximate surface area is 84.7 Å². The van der Waals surface area contributed by atoms with Crippen molar-refractivity contribution >= 4 is 0 Å². The molecule has 0 aliphatic rings. The molecule has 0 saturated heterocycles. The molecule has 15 heavy (non-hydrogen) atoms. The Kier molecular flexibility index (Phi) is 3.01. The predicted octanol–water partition coefficient (Wildman–Crippen LogP) is 1.27. The maximum Gasteiger partial charge on any atom is 0.418 e. The molecule has 0 amide bonds. The van der Waals surface area contributed by atoms with Crippen LogP contribution >= 0.6 is 0 Å². The molecular weight excluding hydrogens is 209 g/mol. The number of hydrogen-bond acceptors (Lipinski definition) is 3. The molecule has 84 valence electrons. The Hall–Kier alpha value is -1.14. The van der Waals surface area contributed by atoms with Crippen molar-refractivity contribution in [3.05, 3.63) is 29.6 Å². The lowest BCUT2D eigenvalue weighted by Crippen LogP contribution is -2.39. The minimum Gasteiger partial charge on any atom is -0.394 e. The fraction of sp³-hybridized carbons (Fsp3) is 0.444. The van der Waals surface area contributed by atoms with Gasteiger partial charge in [-0.2, -0.15) is 13.2 Å². The molecule has 0 aliphatic heterocycles. The summed E-state index contributed by atoms with van der Waals surface area (Å²) in [5.74, 6) is 0. The molecule has 1 unspecified atom stereocenters. The maximum atomic E-state index is 12.5. The minimum atomic E-state index is -4.51. The summed E-state index contributed by atoms with van der Waals surface area (Å²) in [6, 6.07) is 1.17. The van der Waals surface area contributed by atoms with E-state index >= 15 is 0 Å². The van der Waals surface area contributed by atoms with Gasteiger partial charge in [-0.05, 0) is 18.6 Å². The number of nitrogens with two attached hydrogens (primary N) is 1. The van der Waals surface area contributed by atoms with E-state index < -0.39 is 23.9 Å². The summed E-state index contributed by atoms with van der Waals surface area (Å²) in [6.45, 7) is 0.762. The number of aliphatic hydroxyl groups is 1. The number of halogens is 3. The molecule has 0 spiro atoms. The molecule has 1 atom stereocenters. The third-order valence-corrected chi connectivity index (χ3v) is 2.07. The van der Waals surface area contributed by atoms with Crippen molar-refractivity contribution in [2.24, 2.45) is 5.73 Å². The van der Waals surface area contributed by atoms with Crippen molar-refractivity contribution in [1.29, 1.82) is 0 Å². The van der Waals surface area contributed by atoms with Gasteiger partial charge in [0.15, 0.2) is 0 Å². The van der Waals surface area contributed by atoms with E-state index in [4.69, 9.17) is 10.8 Å². The Morgan fingerprint density at radius 1 is 1.40 bits per heavy atom. The van der Waals surface area contributed by atoms with E-state index in [0.717, 1.165) is 0 Å². The van der Waals surface area contributed by atoms with Crippen LogP contribution in [0.15, 0.2) is 18.5 Å². The molecule has 1 rings (SSSR count). The van der Waals surface area contributed by atoms with Gasteiger partial charge in [0.1, 0.15) is 0 Å². The van der Waals surface area contributed by atoms with Crippen LogP contribution in [0.3, 0.4) is 0 Å². The fourth-order valence-electron chi connectivity index (χ4n) is 1.20. The Morgan fingerprint density at radius 3 is 2.47 bits per heavy atom. The van der Waals surface area contributed by atoms with Crippen LogP contribution in [0.4, 0.5) is 13.2 Å². The molecule has 3 N–H and O–H groups in total. The number of rotatable bonds is 2. The van der Waals surface area contributed by atoms with E-state index in [1.807, 2.05) is 0 Å². The van der Waals surface area contributed by atoms with Crippen molar-refractivity contribution in [2.75, 3.05) is 6.61 Å². The molecule has 0 saturated carbocycles. The summed E-state index contributed by atoms with van der Waals surface area (Å²) in [6.07, 6.45) is -2.60. The van der Waals surface area contributed by atoms with E-state index in [-0.39, 0.29) is 5.56 Å².